The molecule has 1 aliphatic rings. The molecule has 0 aliphatic heterocycles. The van der Waals surface area contributed by atoms with E-state index in [4.69, 9.17) is 0 Å². The summed E-state index contributed by atoms with van der Waals surface area (Å²) in [5.74, 6) is 0.264. The number of thiophene rings is 1. The highest BCUT2D eigenvalue weighted by atomic mass is 32.2. The molecule has 1 aromatic rings. The second-order valence-electron chi connectivity index (χ2n) is 5.10. The van der Waals surface area contributed by atoms with Crippen LogP contribution in [0.15, 0.2) is 16.3 Å². The first-order valence-corrected chi connectivity index (χ1v) is 9.05. The van der Waals surface area contributed by atoms with Crippen molar-refractivity contribution in [3.05, 3.63) is 17.0 Å². The van der Waals surface area contributed by atoms with Crippen molar-refractivity contribution in [3.8, 4) is 0 Å². The SMILES string of the molecule is CCc1ccc(S(=O)(=O)N[C@H](CC)C2CC(O)C2)s1. The van der Waals surface area contributed by atoms with Gasteiger partial charge in [0.25, 0.3) is 0 Å². The van der Waals surface area contributed by atoms with Gasteiger partial charge in [-0.2, -0.15) is 0 Å². The molecule has 4 nitrogen and oxygen atoms in total. The van der Waals surface area contributed by atoms with Crippen LogP contribution in [0.1, 0.15) is 38.0 Å². The Hall–Kier alpha value is -0.430. The lowest BCUT2D eigenvalue weighted by Crippen LogP contribution is -2.46. The molecule has 0 spiro atoms. The summed E-state index contributed by atoms with van der Waals surface area (Å²) in [6.07, 6.45) is 2.75. The van der Waals surface area contributed by atoms with Gasteiger partial charge < -0.3 is 5.11 Å². The summed E-state index contributed by atoms with van der Waals surface area (Å²) in [4.78, 5) is 1.08. The minimum absolute atomic E-state index is 0.0689. The molecule has 108 valence electrons. The first-order valence-electron chi connectivity index (χ1n) is 6.75. The summed E-state index contributed by atoms with van der Waals surface area (Å²) in [6.45, 7) is 3.99. The van der Waals surface area contributed by atoms with Crippen LogP contribution in [0, 0.1) is 5.92 Å². The Morgan fingerprint density at radius 1 is 1.42 bits per heavy atom. The fourth-order valence-corrected chi connectivity index (χ4v) is 5.12. The summed E-state index contributed by atoms with van der Waals surface area (Å²) in [6, 6.07) is 3.47. The molecule has 1 aromatic heterocycles. The van der Waals surface area contributed by atoms with Gasteiger partial charge in [-0.3, -0.25) is 0 Å². The summed E-state index contributed by atoms with van der Waals surface area (Å²) < 4.78 is 27.8. The molecule has 1 atom stereocenters. The summed E-state index contributed by atoms with van der Waals surface area (Å²) in [5, 5.41) is 9.34. The van der Waals surface area contributed by atoms with E-state index in [-0.39, 0.29) is 18.1 Å². The average Bonchev–Trinajstić information content (AvgIpc) is 2.82. The molecule has 1 fully saturated rings. The first kappa shape index (κ1) is 15.0. The molecule has 0 radical (unpaired) electrons. The van der Waals surface area contributed by atoms with Crippen LogP contribution in [0.3, 0.4) is 0 Å². The van der Waals surface area contributed by atoms with Gasteiger partial charge in [-0.1, -0.05) is 13.8 Å². The summed E-state index contributed by atoms with van der Waals surface area (Å²) in [7, 11) is -3.41. The Kier molecular flexibility index (Phi) is 4.66. The maximum absolute atomic E-state index is 12.3. The van der Waals surface area contributed by atoms with Crippen molar-refractivity contribution in [1.29, 1.82) is 0 Å². The Bertz CT molecular complexity index is 518. The molecule has 0 saturated heterocycles. The highest BCUT2D eigenvalue weighted by Gasteiger charge is 2.35. The predicted molar refractivity (Wildman–Crippen MR) is 76.8 cm³/mol. The van der Waals surface area contributed by atoms with Crippen molar-refractivity contribution in [3.63, 3.8) is 0 Å². The summed E-state index contributed by atoms with van der Waals surface area (Å²) in [5.41, 5.74) is 0. The Morgan fingerprint density at radius 2 is 2.11 bits per heavy atom. The van der Waals surface area contributed by atoms with Gasteiger partial charge >= 0.3 is 0 Å². The molecule has 1 aliphatic carbocycles. The van der Waals surface area contributed by atoms with Crippen LogP contribution in [-0.4, -0.2) is 25.7 Å². The first-order chi connectivity index (χ1) is 8.96. The number of hydrogen-bond donors (Lipinski definition) is 2. The largest absolute Gasteiger partial charge is 0.393 e. The van der Waals surface area contributed by atoms with Gasteiger partial charge in [-0.05, 0) is 43.7 Å². The zero-order chi connectivity index (χ0) is 14.0. The number of aliphatic hydroxyl groups excluding tert-OH is 1. The van der Waals surface area contributed by atoms with Crippen LogP contribution < -0.4 is 4.72 Å². The van der Waals surface area contributed by atoms with Gasteiger partial charge in [0.1, 0.15) is 4.21 Å². The Labute approximate surface area is 118 Å². The number of aliphatic hydroxyl groups is 1. The lowest BCUT2D eigenvalue weighted by molar-refractivity contribution is 0.0277. The van der Waals surface area contributed by atoms with Crippen LogP contribution in [0.2, 0.25) is 0 Å². The molecule has 2 rings (SSSR count). The lowest BCUT2D eigenvalue weighted by Gasteiger charge is -2.37. The zero-order valence-electron chi connectivity index (χ0n) is 11.3. The van der Waals surface area contributed by atoms with E-state index in [1.807, 2.05) is 19.9 Å². The highest BCUT2D eigenvalue weighted by molar-refractivity contribution is 7.91. The second kappa shape index (κ2) is 5.91. The minimum atomic E-state index is -3.41. The normalized spacial score (nSPS) is 25.0. The van der Waals surface area contributed by atoms with E-state index in [9.17, 15) is 13.5 Å². The van der Waals surface area contributed by atoms with Crippen molar-refractivity contribution in [2.45, 2.75) is 55.9 Å². The zero-order valence-corrected chi connectivity index (χ0v) is 12.9. The fourth-order valence-electron chi connectivity index (χ4n) is 2.42. The minimum Gasteiger partial charge on any atom is -0.393 e. The van der Waals surface area contributed by atoms with Gasteiger partial charge in [0.15, 0.2) is 0 Å². The Morgan fingerprint density at radius 3 is 2.58 bits per heavy atom. The van der Waals surface area contributed by atoms with E-state index < -0.39 is 10.0 Å². The van der Waals surface area contributed by atoms with E-state index in [1.54, 1.807) is 6.07 Å². The molecular formula is C13H21NO3S2. The quantitative estimate of drug-likeness (QED) is 0.846. The molecule has 0 aromatic carbocycles. The lowest BCUT2D eigenvalue weighted by atomic mass is 9.77. The number of rotatable bonds is 6. The van der Waals surface area contributed by atoms with Crippen molar-refractivity contribution >= 4 is 21.4 Å². The monoisotopic (exact) mass is 303 g/mol. The van der Waals surface area contributed by atoms with E-state index in [1.165, 1.54) is 11.3 Å². The van der Waals surface area contributed by atoms with Crippen LogP contribution in [0.25, 0.3) is 0 Å². The molecule has 1 saturated carbocycles. The van der Waals surface area contributed by atoms with Crippen molar-refractivity contribution in [2.75, 3.05) is 0 Å². The predicted octanol–water partition coefficient (Wildman–Crippen LogP) is 2.14. The van der Waals surface area contributed by atoms with E-state index in [0.29, 0.717) is 17.1 Å². The second-order valence-corrected chi connectivity index (χ2v) is 8.20. The third-order valence-corrected chi connectivity index (χ3v) is 6.93. The van der Waals surface area contributed by atoms with Gasteiger partial charge in [0.05, 0.1) is 6.10 Å². The molecule has 2 N–H and O–H groups in total. The molecule has 0 bridgehead atoms. The standard InChI is InChI=1S/C13H21NO3S2/c1-3-11-5-6-13(18-11)19(16,17)14-12(4-2)9-7-10(15)8-9/h5-6,9-10,12,14-15H,3-4,7-8H2,1-2H3/t9?,10?,12-/m1/s1. The molecule has 1 heterocycles. The van der Waals surface area contributed by atoms with E-state index in [2.05, 4.69) is 4.72 Å². The van der Waals surface area contributed by atoms with Gasteiger partial charge in [0, 0.05) is 10.9 Å². The summed E-state index contributed by atoms with van der Waals surface area (Å²) >= 11 is 1.33. The number of nitrogens with one attached hydrogen (secondary N) is 1. The van der Waals surface area contributed by atoms with E-state index >= 15 is 0 Å². The third kappa shape index (κ3) is 3.37. The van der Waals surface area contributed by atoms with Gasteiger partial charge in [-0.15, -0.1) is 11.3 Å². The van der Waals surface area contributed by atoms with Crippen LogP contribution >= 0.6 is 11.3 Å². The molecule has 19 heavy (non-hydrogen) atoms. The van der Waals surface area contributed by atoms with Gasteiger partial charge in [-0.25, -0.2) is 13.1 Å². The molecule has 6 heteroatoms. The van der Waals surface area contributed by atoms with Crippen LogP contribution in [-0.2, 0) is 16.4 Å². The maximum atomic E-state index is 12.3. The molecular weight excluding hydrogens is 282 g/mol. The van der Waals surface area contributed by atoms with Crippen LogP contribution in [0.4, 0.5) is 0 Å². The van der Waals surface area contributed by atoms with Crippen molar-refractivity contribution < 1.29 is 13.5 Å². The fraction of sp³-hybridized carbons (Fsp3) is 0.692. The van der Waals surface area contributed by atoms with Crippen LogP contribution in [0.5, 0.6) is 0 Å². The van der Waals surface area contributed by atoms with Crippen molar-refractivity contribution in [2.24, 2.45) is 5.92 Å². The Balaban J connectivity index is 2.07. The number of hydrogen-bond acceptors (Lipinski definition) is 4. The number of sulfonamides is 1. The van der Waals surface area contributed by atoms with E-state index in [0.717, 1.165) is 17.7 Å². The average molecular weight is 303 g/mol. The maximum Gasteiger partial charge on any atom is 0.250 e. The highest BCUT2D eigenvalue weighted by Crippen LogP contribution is 2.32. The smallest absolute Gasteiger partial charge is 0.250 e. The molecule has 0 unspecified atom stereocenters. The number of aryl methyl sites for hydroxylation is 1. The topological polar surface area (TPSA) is 66.4 Å². The molecule has 0 amide bonds. The third-order valence-electron chi connectivity index (χ3n) is 3.72. The van der Waals surface area contributed by atoms with Gasteiger partial charge in [0.2, 0.25) is 10.0 Å². The van der Waals surface area contributed by atoms with Crippen molar-refractivity contribution in [1.82, 2.24) is 4.72 Å².